The quantitative estimate of drug-likeness (QED) is 0.458. The van der Waals surface area contributed by atoms with Crippen LogP contribution < -0.4 is 0 Å². The topological polar surface area (TPSA) is 66.8 Å². The fourth-order valence-electron chi connectivity index (χ4n) is 0.857. The van der Waals surface area contributed by atoms with E-state index >= 15 is 0 Å². The summed E-state index contributed by atoms with van der Waals surface area (Å²) >= 11 is 0. The van der Waals surface area contributed by atoms with Gasteiger partial charge in [0, 0.05) is 13.2 Å². The first kappa shape index (κ1) is 13.1. The number of carboxylic acids is 1. The van der Waals surface area contributed by atoms with E-state index in [-0.39, 0.29) is 0 Å². The molecule has 82 valence electrons. The van der Waals surface area contributed by atoms with Gasteiger partial charge in [-0.1, -0.05) is 13.0 Å². The van der Waals surface area contributed by atoms with Gasteiger partial charge < -0.3 is 14.9 Å². The maximum absolute atomic E-state index is 10.2. The standard InChI is InChI=1S/C10H18O4/c1-2-7-14-8-5-3-4-6-9(11)10(12)13/h4,6,9,11H,2-3,5,7-8H2,1H3,(H,12,13). The van der Waals surface area contributed by atoms with Crippen LogP contribution in [0.4, 0.5) is 0 Å². The number of aliphatic carboxylic acids is 1. The van der Waals surface area contributed by atoms with Crippen molar-refractivity contribution in [2.24, 2.45) is 0 Å². The van der Waals surface area contributed by atoms with Gasteiger partial charge in [0.15, 0.2) is 6.10 Å². The first-order valence-electron chi connectivity index (χ1n) is 4.83. The molecule has 0 radical (unpaired) electrons. The molecule has 0 spiro atoms. The molecule has 0 saturated carbocycles. The average molecular weight is 202 g/mol. The van der Waals surface area contributed by atoms with Gasteiger partial charge >= 0.3 is 5.97 Å². The zero-order chi connectivity index (χ0) is 10.8. The Kier molecular flexibility index (Phi) is 8.17. The summed E-state index contributed by atoms with van der Waals surface area (Å²) < 4.78 is 5.22. The molecule has 0 aromatic heterocycles. The number of carboxylic acid groups (broad SMARTS) is 1. The molecule has 0 amide bonds. The van der Waals surface area contributed by atoms with Gasteiger partial charge in [-0.2, -0.15) is 0 Å². The summed E-state index contributed by atoms with van der Waals surface area (Å²) in [6.07, 6.45) is 4.15. The molecule has 4 heteroatoms. The highest BCUT2D eigenvalue weighted by atomic mass is 16.5. The third-order valence-electron chi connectivity index (χ3n) is 1.58. The van der Waals surface area contributed by atoms with Crippen LogP contribution in [0.5, 0.6) is 0 Å². The molecule has 2 N–H and O–H groups in total. The van der Waals surface area contributed by atoms with Gasteiger partial charge in [0.1, 0.15) is 0 Å². The number of aliphatic hydroxyl groups excluding tert-OH is 1. The van der Waals surface area contributed by atoms with E-state index < -0.39 is 12.1 Å². The summed E-state index contributed by atoms with van der Waals surface area (Å²) in [5.74, 6) is -1.22. The van der Waals surface area contributed by atoms with Crippen LogP contribution >= 0.6 is 0 Å². The van der Waals surface area contributed by atoms with Crippen molar-refractivity contribution in [3.8, 4) is 0 Å². The number of aliphatic hydroxyl groups is 1. The summed E-state index contributed by atoms with van der Waals surface area (Å²) in [6.45, 7) is 3.49. The van der Waals surface area contributed by atoms with Gasteiger partial charge in [-0.05, 0) is 25.3 Å². The molecule has 1 unspecified atom stereocenters. The normalized spacial score (nSPS) is 13.3. The molecule has 0 aliphatic carbocycles. The Bertz CT molecular complexity index is 177. The first-order chi connectivity index (χ1) is 6.68. The molecule has 0 rings (SSSR count). The lowest BCUT2D eigenvalue weighted by atomic mass is 10.2. The van der Waals surface area contributed by atoms with Crippen LogP contribution in [0.25, 0.3) is 0 Å². The summed E-state index contributed by atoms with van der Waals surface area (Å²) in [4.78, 5) is 10.2. The van der Waals surface area contributed by atoms with Gasteiger partial charge in [-0.3, -0.25) is 0 Å². The van der Waals surface area contributed by atoms with Gasteiger partial charge in [0.25, 0.3) is 0 Å². The smallest absolute Gasteiger partial charge is 0.336 e. The van der Waals surface area contributed by atoms with Crippen LogP contribution in [-0.2, 0) is 9.53 Å². The van der Waals surface area contributed by atoms with E-state index in [0.717, 1.165) is 25.9 Å². The number of ether oxygens (including phenoxy) is 1. The van der Waals surface area contributed by atoms with E-state index in [2.05, 4.69) is 0 Å². The lowest BCUT2D eigenvalue weighted by molar-refractivity contribution is -0.144. The third-order valence-corrected chi connectivity index (χ3v) is 1.58. The summed E-state index contributed by atoms with van der Waals surface area (Å²) in [5, 5.41) is 17.2. The highest BCUT2D eigenvalue weighted by Gasteiger charge is 2.06. The van der Waals surface area contributed by atoms with Crippen LogP contribution in [0.3, 0.4) is 0 Å². The molecule has 0 aromatic carbocycles. The molecule has 1 atom stereocenters. The molecule has 0 aliphatic heterocycles. The lowest BCUT2D eigenvalue weighted by Crippen LogP contribution is -2.15. The van der Waals surface area contributed by atoms with Crippen molar-refractivity contribution in [1.82, 2.24) is 0 Å². The van der Waals surface area contributed by atoms with E-state index in [1.807, 2.05) is 6.92 Å². The van der Waals surface area contributed by atoms with Gasteiger partial charge in [-0.15, -0.1) is 0 Å². The lowest BCUT2D eigenvalue weighted by Gasteiger charge is -2.00. The Hall–Kier alpha value is -0.870. The van der Waals surface area contributed by atoms with E-state index in [1.165, 1.54) is 6.08 Å². The molecular formula is C10H18O4. The zero-order valence-corrected chi connectivity index (χ0v) is 8.48. The highest BCUT2D eigenvalue weighted by Crippen LogP contribution is 1.95. The van der Waals surface area contributed by atoms with Crippen molar-refractivity contribution in [3.63, 3.8) is 0 Å². The van der Waals surface area contributed by atoms with Gasteiger partial charge in [-0.25, -0.2) is 4.79 Å². The minimum absolute atomic E-state index is 0.682. The van der Waals surface area contributed by atoms with Crippen molar-refractivity contribution >= 4 is 5.97 Å². The van der Waals surface area contributed by atoms with E-state index in [0.29, 0.717) is 6.61 Å². The maximum atomic E-state index is 10.2. The van der Waals surface area contributed by atoms with Gasteiger partial charge in [0.05, 0.1) is 0 Å². The van der Waals surface area contributed by atoms with Crippen molar-refractivity contribution in [2.45, 2.75) is 32.3 Å². The van der Waals surface area contributed by atoms with Crippen LogP contribution in [0.1, 0.15) is 26.2 Å². The Morgan fingerprint density at radius 1 is 1.50 bits per heavy atom. The molecule has 0 bridgehead atoms. The zero-order valence-electron chi connectivity index (χ0n) is 8.48. The second-order valence-corrected chi connectivity index (χ2v) is 2.97. The third kappa shape index (κ3) is 7.76. The summed E-state index contributed by atoms with van der Waals surface area (Å²) in [6, 6.07) is 0. The second-order valence-electron chi connectivity index (χ2n) is 2.97. The van der Waals surface area contributed by atoms with Crippen LogP contribution in [-0.4, -0.2) is 35.5 Å². The number of hydrogen-bond donors (Lipinski definition) is 2. The number of hydrogen-bond acceptors (Lipinski definition) is 3. The molecule has 0 aliphatic rings. The number of rotatable bonds is 8. The molecule has 0 fully saturated rings. The van der Waals surface area contributed by atoms with E-state index in [1.54, 1.807) is 6.08 Å². The molecule has 14 heavy (non-hydrogen) atoms. The molecular weight excluding hydrogens is 184 g/mol. The fraction of sp³-hybridized carbons (Fsp3) is 0.700. The number of carbonyl (C=O) groups is 1. The first-order valence-corrected chi connectivity index (χ1v) is 4.83. The highest BCUT2D eigenvalue weighted by molar-refractivity contribution is 5.74. The fourth-order valence-corrected chi connectivity index (χ4v) is 0.857. The van der Waals surface area contributed by atoms with E-state index in [4.69, 9.17) is 14.9 Å². The Morgan fingerprint density at radius 2 is 2.21 bits per heavy atom. The SMILES string of the molecule is CCCOCCCC=CC(O)C(=O)O. The minimum Gasteiger partial charge on any atom is -0.479 e. The van der Waals surface area contributed by atoms with Crippen molar-refractivity contribution < 1.29 is 19.7 Å². The summed E-state index contributed by atoms with van der Waals surface area (Å²) in [7, 11) is 0. The van der Waals surface area contributed by atoms with Crippen molar-refractivity contribution in [1.29, 1.82) is 0 Å². The molecule has 0 saturated heterocycles. The second kappa shape index (κ2) is 8.72. The van der Waals surface area contributed by atoms with Gasteiger partial charge in [0.2, 0.25) is 0 Å². The molecule has 0 heterocycles. The van der Waals surface area contributed by atoms with Crippen LogP contribution in [0.15, 0.2) is 12.2 Å². The minimum atomic E-state index is -1.38. The number of allylic oxidation sites excluding steroid dienone is 1. The average Bonchev–Trinajstić information content (AvgIpc) is 2.16. The predicted octanol–water partition coefficient (Wildman–Crippen LogP) is 1.19. The van der Waals surface area contributed by atoms with Crippen molar-refractivity contribution in [2.75, 3.05) is 13.2 Å². The van der Waals surface area contributed by atoms with Crippen molar-refractivity contribution in [3.05, 3.63) is 12.2 Å². The largest absolute Gasteiger partial charge is 0.479 e. The monoisotopic (exact) mass is 202 g/mol. The molecule has 0 aromatic rings. The van der Waals surface area contributed by atoms with Crippen LogP contribution in [0.2, 0.25) is 0 Å². The van der Waals surface area contributed by atoms with Crippen LogP contribution in [0, 0.1) is 0 Å². The molecule has 4 nitrogen and oxygen atoms in total. The Balaban J connectivity index is 3.31. The maximum Gasteiger partial charge on any atom is 0.336 e. The predicted molar refractivity (Wildman–Crippen MR) is 53.1 cm³/mol. The Labute approximate surface area is 84.2 Å². The Morgan fingerprint density at radius 3 is 2.79 bits per heavy atom. The summed E-state index contributed by atoms with van der Waals surface area (Å²) in [5.41, 5.74) is 0. The number of unbranched alkanes of at least 4 members (excludes halogenated alkanes) is 1. The van der Waals surface area contributed by atoms with E-state index in [9.17, 15) is 4.79 Å².